The molecule has 4 heteroatoms. The summed E-state index contributed by atoms with van der Waals surface area (Å²) < 4.78 is 8.70. The third-order valence-electron chi connectivity index (χ3n) is 3.58. The Labute approximate surface area is 134 Å². The molecule has 0 saturated heterocycles. The minimum atomic E-state index is 0.0396. The Morgan fingerprint density at radius 3 is 2.67 bits per heavy atom. The van der Waals surface area contributed by atoms with Gasteiger partial charge in [0.25, 0.3) is 0 Å². The van der Waals surface area contributed by atoms with Crippen molar-refractivity contribution in [3.63, 3.8) is 0 Å². The maximum atomic E-state index is 12.3. The zero-order chi connectivity index (χ0) is 15.4. The number of rotatable bonds is 6. The normalized spacial score (nSPS) is 10.9. The lowest BCUT2D eigenvalue weighted by Gasteiger charge is -2.06. The van der Waals surface area contributed by atoms with Crippen molar-refractivity contribution >= 4 is 21.7 Å². The van der Waals surface area contributed by atoms with Crippen LogP contribution in [0, 0.1) is 13.8 Å². The van der Waals surface area contributed by atoms with Crippen molar-refractivity contribution in [2.45, 2.75) is 33.9 Å². The molecule has 0 fully saturated rings. The van der Waals surface area contributed by atoms with Crippen LogP contribution in [0.4, 0.5) is 0 Å². The Bertz CT molecular complexity index is 646. The highest BCUT2D eigenvalue weighted by Gasteiger charge is 2.14. The topological polar surface area (TPSA) is 31.2 Å². The van der Waals surface area contributed by atoms with Gasteiger partial charge >= 0.3 is 0 Å². The largest absolute Gasteiger partial charge is 0.369 e. The highest BCUT2D eigenvalue weighted by molar-refractivity contribution is 9.10. The van der Waals surface area contributed by atoms with Crippen LogP contribution in [0.5, 0.6) is 0 Å². The van der Waals surface area contributed by atoms with Gasteiger partial charge in [-0.2, -0.15) is 0 Å². The lowest BCUT2D eigenvalue weighted by atomic mass is 10.1. The molecule has 0 aliphatic heterocycles. The quantitative estimate of drug-likeness (QED) is 0.728. The summed E-state index contributed by atoms with van der Waals surface area (Å²) in [6.07, 6.45) is 0. The number of hydrogen-bond acceptors (Lipinski definition) is 2. The van der Waals surface area contributed by atoms with Gasteiger partial charge in [-0.15, -0.1) is 0 Å². The lowest BCUT2D eigenvalue weighted by molar-refractivity contribution is 0.0726. The predicted molar refractivity (Wildman–Crippen MR) is 87.7 cm³/mol. The highest BCUT2D eigenvalue weighted by Crippen LogP contribution is 2.16. The number of ether oxygens (including phenoxy) is 1. The molecule has 0 unspecified atom stereocenters. The summed E-state index contributed by atoms with van der Waals surface area (Å²) in [5.74, 6) is 0.0396. The monoisotopic (exact) mass is 349 g/mol. The summed E-state index contributed by atoms with van der Waals surface area (Å²) >= 11 is 3.42. The van der Waals surface area contributed by atoms with Gasteiger partial charge in [0.15, 0.2) is 5.78 Å². The van der Waals surface area contributed by atoms with E-state index in [1.54, 1.807) is 0 Å². The van der Waals surface area contributed by atoms with Crippen LogP contribution >= 0.6 is 15.9 Å². The first-order chi connectivity index (χ1) is 10.0. The van der Waals surface area contributed by atoms with E-state index in [1.807, 2.05) is 44.2 Å². The number of nitrogens with zero attached hydrogens (tertiary/aromatic N) is 1. The van der Waals surface area contributed by atoms with Gasteiger partial charge in [0.2, 0.25) is 0 Å². The average Bonchev–Trinajstić information content (AvgIpc) is 2.73. The average molecular weight is 350 g/mol. The molecular formula is C17H20BrNO2. The van der Waals surface area contributed by atoms with Gasteiger partial charge in [-0.1, -0.05) is 28.1 Å². The Morgan fingerprint density at radius 2 is 2.05 bits per heavy atom. The lowest BCUT2D eigenvalue weighted by Crippen LogP contribution is -2.10. The van der Waals surface area contributed by atoms with E-state index < -0.39 is 0 Å². The van der Waals surface area contributed by atoms with Gasteiger partial charge < -0.3 is 9.30 Å². The third-order valence-corrected chi connectivity index (χ3v) is 4.07. The zero-order valence-electron chi connectivity index (χ0n) is 12.6. The first-order valence-corrected chi connectivity index (χ1v) is 7.84. The molecule has 2 aromatic rings. The summed E-state index contributed by atoms with van der Waals surface area (Å²) in [5.41, 5.74) is 3.95. The molecule has 1 heterocycles. The molecular weight excluding hydrogens is 330 g/mol. The number of aromatic nitrogens is 1. The van der Waals surface area contributed by atoms with Gasteiger partial charge in [0, 0.05) is 28.0 Å². The Morgan fingerprint density at radius 1 is 1.29 bits per heavy atom. The maximum Gasteiger partial charge on any atom is 0.190 e. The molecule has 1 aromatic heterocycles. The molecule has 0 aliphatic rings. The summed E-state index contributed by atoms with van der Waals surface area (Å²) in [5, 5.41) is 0. The van der Waals surface area contributed by atoms with Crippen LogP contribution in [0.25, 0.3) is 0 Å². The van der Waals surface area contributed by atoms with Crippen molar-refractivity contribution in [1.29, 1.82) is 0 Å². The third kappa shape index (κ3) is 3.83. The second kappa shape index (κ2) is 7.05. The van der Waals surface area contributed by atoms with E-state index in [9.17, 15) is 4.79 Å². The van der Waals surface area contributed by atoms with Crippen LogP contribution < -0.4 is 0 Å². The number of benzene rings is 1. The number of ketones is 1. The van der Waals surface area contributed by atoms with E-state index >= 15 is 0 Å². The number of Topliss-reactive ketones (excluding diaryl/α,β-unsaturated/α-hetero) is 1. The molecule has 0 amide bonds. The first kappa shape index (κ1) is 16.0. The van der Waals surface area contributed by atoms with Crippen LogP contribution in [0.15, 0.2) is 34.8 Å². The number of carbonyl (C=O) groups excluding carboxylic acids is 1. The van der Waals surface area contributed by atoms with E-state index in [-0.39, 0.29) is 12.4 Å². The van der Waals surface area contributed by atoms with E-state index in [1.165, 1.54) is 0 Å². The van der Waals surface area contributed by atoms with Gasteiger partial charge in [0.1, 0.15) is 6.61 Å². The molecule has 0 bridgehead atoms. The summed E-state index contributed by atoms with van der Waals surface area (Å²) in [6.45, 7) is 7.52. The smallest absolute Gasteiger partial charge is 0.190 e. The van der Waals surface area contributed by atoms with E-state index in [0.29, 0.717) is 6.61 Å². The fourth-order valence-electron chi connectivity index (χ4n) is 2.54. The SMILES string of the molecule is CCn1c(C)cc(C(=O)COCc2cccc(Br)c2)c1C. The standard InChI is InChI=1S/C17H20BrNO2/c1-4-19-12(2)8-16(13(19)3)17(20)11-21-10-14-6-5-7-15(18)9-14/h5-9H,4,10-11H2,1-3H3. The number of hydrogen-bond donors (Lipinski definition) is 0. The van der Waals surface area contributed by atoms with E-state index in [2.05, 4.69) is 27.4 Å². The Kier molecular flexibility index (Phi) is 5.37. The maximum absolute atomic E-state index is 12.3. The van der Waals surface area contributed by atoms with Crippen molar-refractivity contribution in [2.75, 3.05) is 6.61 Å². The molecule has 2 rings (SSSR count). The van der Waals surface area contributed by atoms with Crippen LogP contribution in [0.2, 0.25) is 0 Å². The van der Waals surface area contributed by atoms with Crippen molar-refractivity contribution in [3.05, 3.63) is 57.3 Å². The Hall–Kier alpha value is -1.39. The van der Waals surface area contributed by atoms with Crippen LogP contribution in [0.1, 0.15) is 34.2 Å². The minimum Gasteiger partial charge on any atom is -0.369 e. The van der Waals surface area contributed by atoms with Crippen LogP contribution in [-0.2, 0) is 17.9 Å². The van der Waals surface area contributed by atoms with E-state index in [0.717, 1.165) is 33.5 Å². The molecule has 112 valence electrons. The van der Waals surface area contributed by atoms with Crippen molar-refractivity contribution < 1.29 is 9.53 Å². The van der Waals surface area contributed by atoms with Crippen LogP contribution in [-0.4, -0.2) is 17.0 Å². The van der Waals surface area contributed by atoms with Gasteiger partial charge in [-0.3, -0.25) is 4.79 Å². The van der Waals surface area contributed by atoms with Gasteiger partial charge in [-0.25, -0.2) is 0 Å². The predicted octanol–water partition coefficient (Wildman–Crippen LogP) is 4.29. The van der Waals surface area contributed by atoms with Crippen LogP contribution in [0.3, 0.4) is 0 Å². The fraction of sp³-hybridized carbons (Fsp3) is 0.353. The molecule has 21 heavy (non-hydrogen) atoms. The molecule has 0 aliphatic carbocycles. The number of aryl methyl sites for hydroxylation is 1. The molecule has 0 atom stereocenters. The molecule has 0 spiro atoms. The zero-order valence-corrected chi connectivity index (χ0v) is 14.2. The number of carbonyl (C=O) groups is 1. The molecule has 0 radical (unpaired) electrons. The van der Waals surface area contributed by atoms with Crippen molar-refractivity contribution in [1.82, 2.24) is 4.57 Å². The summed E-state index contributed by atoms with van der Waals surface area (Å²) in [7, 11) is 0. The Balaban J connectivity index is 1.96. The molecule has 3 nitrogen and oxygen atoms in total. The van der Waals surface area contributed by atoms with Gasteiger partial charge in [-0.05, 0) is 44.5 Å². The summed E-state index contributed by atoms with van der Waals surface area (Å²) in [4.78, 5) is 12.3. The first-order valence-electron chi connectivity index (χ1n) is 7.05. The minimum absolute atomic E-state index is 0.0396. The number of halogens is 1. The molecule has 0 saturated carbocycles. The summed E-state index contributed by atoms with van der Waals surface area (Å²) in [6, 6.07) is 9.85. The molecule has 1 aromatic carbocycles. The van der Waals surface area contributed by atoms with E-state index in [4.69, 9.17) is 4.74 Å². The van der Waals surface area contributed by atoms with Crippen molar-refractivity contribution in [2.24, 2.45) is 0 Å². The van der Waals surface area contributed by atoms with Gasteiger partial charge in [0.05, 0.1) is 6.61 Å². The highest BCUT2D eigenvalue weighted by atomic mass is 79.9. The second-order valence-electron chi connectivity index (χ2n) is 5.07. The second-order valence-corrected chi connectivity index (χ2v) is 5.99. The molecule has 0 N–H and O–H groups in total. The fourth-order valence-corrected chi connectivity index (χ4v) is 2.98. The van der Waals surface area contributed by atoms with Crippen molar-refractivity contribution in [3.8, 4) is 0 Å².